The molecule has 1 aliphatic rings. The van der Waals surface area contributed by atoms with Crippen LogP contribution < -0.4 is 5.73 Å². The first kappa shape index (κ1) is 10.5. The van der Waals surface area contributed by atoms with Gasteiger partial charge < -0.3 is 10.8 Å². The Labute approximate surface area is 91.1 Å². The Morgan fingerprint density at radius 2 is 1.67 bits per heavy atom. The lowest BCUT2D eigenvalue weighted by atomic mass is 9.87. The largest absolute Gasteiger partial charge is 0.508 e. The molecule has 2 heteroatoms. The van der Waals surface area contributed by atoms with Crippen molar-refractivity contribution in [3.8, 4) is 5.75 Å². The third kappa shape index (κ3) is 1.74. The van der Waals surface area contributed by atoms with E-state index in [4.69, 9.17) is 5.73 Å². The van der Waals surface area contributed by atoms with Gasteiger partial charge in [-0.1, -0.05) is 18.9 Å². The number of aromatic hydroxyl groups is 1. The first-order valence-electron chi connectivity index (χ1n) is 5.62. The summed E-state index contributed by atoms with van der Waals surface area (Å²) >= 11 is 0. The van der Waals surface area contributed by atoms with E-state index in [1.54, 1.807) is 0 Å². The van der Waals surface area contributed by atoms with E-state index in [1.165, 1.54) is 18.4 Å². The van der Waals surface area contributed by atoms with Gasteiger partial charge in [-0.25, -0.2) is 0 Å². The molecule has 1 saturated carbocycles. The normalized spacial score (nSPS) is 19.4. The summed E-state index contributed by atoms with van der Waals surface area (Å²) in [5, 5.41) is 9.96. The molecule has 1 fully saturated rings. The second-order valence-electron chi connectivity index (χ2n) is 4.82. The summed E-state index contributed by atoms with van der Waals surface area (Å²) in [4.78, 5) is 0. The van der Waals surface area contributed by atoms with Gasteiger partial charge in [-0.3, -0.25) is 0 Å². The Bertz CT molecular complexity index is 378. The minimum absolute atomic E-state index is 0.289. The molecule has 2 rings (SSSR count). The molecule has 1 aliphatic carbocycles. The Hall–Kier alpha value is -1.02. The molecular formula is C13H19NO. The van der Waals surface area contributed by atoms with Crippen LogP contribution in [0.5, 0.6) is 5.75 Å². The predicted molar refractivity (Wildman–Crippen MR) is 61.9 cm³/mol. The van der Waals surface area contributed by atoms with Gasteiger partial charge in [-0.15, -0.1) is 0 Å². The topological polar surface area (TPSA) is 46.2 Å². The maximum Gasteiger partial charge on any atom is 0.120 e. The van der Waals surface area contributed by atoms with Crippen LogP contribution in [0.3, 0.4) is 0 Å². The number of nitrogens with two attached hydrogens (primary N) is 1. The van der Waals surface area contributed by atoms with E-state index in [0.717, 1.165) is 24.0 Å². The van der Waals surface area contributed by atoms with Crippen molar-refractivity contribution in [3.63, 3.8) is 0 Å². The third-order valence-electron chi connectivity index (χ3n) is 3.64. The zero-order chi connectivity index (χ0) is 11.1. The zero-order valence-electron chi connectivity index (χ0n) is 9.51. The van der Waals surface area contributed by atoms with E-state index < -0.39 is 0 Å². The number of rotatable bonds is 1. The average Bonchev–Trinajstić information content (AvgIpc) is 2.60. The molecule has 0 radical (unpaired) electrons. The molecule has 3 N–H and O–H groups in total. The summed E-state index contributed by atoms with van der Waals surface area (Å²) < 4.78 is 0. The van der Waals surface area contributed by atoms with Crippen LogP contribution in [0.4, 0.5) is 0 Å². The van der Waals surface area contributed by atoms with Crippen LogP contribution in [0.2, 0.25) is 0 Å². The lowest BCUT2D eigenvalue weighted by molar-refractivity contribution is 0.408. The molecule has 0 bridgehead atoms. The molecule has 0 aromatic heterocycles. The Kier molecular flexibility index (Phi) is 2.47. The molecule has 0 atom stereocenters. The standard InChI is InChI=1S/C13H19NO/c1-9-7-11(12(15)8-10(9)2)13(14)5-3-4-6-13/h7-8,15H,3-6,14H2,1-2H3. The number of hydrogen-bond donors (Lipinski definition) is 2. The van der Waals surface area contributed by atoms with Gasteiger partial charge in [0, 0.05) is 11.1 Å². The molecule has 82 valence electrons. The first-order valence-corrected chi connectivity index (χ1v) is 5.62. The Balaban J connectivity index is 2.48. The highest BCUT2D eigenvalue weighted by Crippen LogP contribution is 2.41. The molecule has 0 aliphatic heterocycles. The molecule has 0 heterocycles. The summed E-state index contributed by atoms with van der Waals surface area (Å²) in [6.07, 6.45) is 4.32. The van der Waals surface area contributed by atoms with Crippen LogP contribution in [0.15, 0.2) is 12.1 Å². The minimum atomic E-state index is -0.289. The van der Waals surface area contributed by atoms with Gasteiger partial charge in [0.1, 0.15) is 5.75 Å². The maximum atomic E-state index is 9.96. The van der Waals surface area contributed by atoms with Gasteiger partial charge in [0.25, 0.3) is 0 Å². The minimum Gasteiger partial charge on any atom is -0.508 e. The molecule has 0 spiro atoms. The van der Waals surface area contributed by atoms with Gasteiger partial charge in [0.15, 0.2) is 0 Å². The summed E-state index contributed by atoms with van der Waals surface area (Å²) in [5.74, 6) is 0.363. The molecule has 15 heavy (non-hydrogen) atoms. The van der Waals surface area contributed by atoms with Crippen LogP contribution in [-0.4, -0.2) is 5.11 Å². The van der Waals surface area contributed by atoms with Crippen molar-refractivity contribution in [2.75, 3.05) is 0 Å². The highest BCUT2D eigenvalue weighted by atomic mass is 16.3. The molecule has 0 amide bonds. The lowest BCUT2D eigenvalue weighted by Crippen LogP contribution is -2.33. The van der Waals surface area contributed by atoms with E-state index in [1.807, 2.05) is 13.0 Å². The van der Waals surface area contributed by atoms with Crippen molar-refractivity contribution in [2.24, 2.45) is 5.73 Å². The van der Waals surface area contributed by atoms with Gasteiger partial charge in [0.2, 0.25) is 0 Å². The van der Waals surface area contributed by atoms with Crippen molar-refractivity contribution in [2.45, 2.75) is 45.1 Å². The van der Waals surface area contributed by atoms with Crippen LogP contribution >= 0.6 is 0 Å². The van der Waals surface area contributed by atoms with E-state index in [-0.39, 0.29) is 5.54 Å². The van der Waals surface area contributed by atoms with Gasteiger partial charge in [-0.2, -0.15) is 0 Å². The van der Waals surface area contributed by atoms with Crippen molar-refractivity contribution < 1.29 is 5.11 Å². The summed E-state index contributed by atoms with van der Waals surface area (Å²) in [5.41, 5.74) is 9.32. The average molecular weight is 205 g/mol. The highest BCUT2D eigenvalue weighted by molar-refractivity contribution is 5.45. The highest BCUT2D eigenvalue weighted by Gasteiger charge is 2.33. The molecule has 1 aromatic carbocycles. The van der Waals surface area contributed by atoms with Crippen molar-refractivity contribution in [1.29, 1.82) is 0 Å². The molecule has 2 nitrogen and oxygen atoms in total. The number of phenols is 1. The lowest BCUT2D eigenvalue weighted by Gasteiger charge is -2.26. The van der Waals surface area contributed by atoms with Gasteiger partial charge >= 0.3 is 0 Å². The fraction of sp³-hybridized carbons (Fsp3) is 0.538. The second kappa shape index (κ2) is 3.53. The number of aryl methyl sites for hydroxylation is 2. The van der Waals surface area contributed by atoms with Crippen molar-refractivity contribution in [1.82, 2.24) is 0 Å². The summed E-state index contributed by atoms with van der Waals surface area (Å²) in [6.45, 7) is 4.08. The first-order chi connectivity index (χ1) is 7.03. The number of phenolic OH excluding ortho intramolecular Hbond substituents is 1. The van der Waals surface area contributed by atoms with Gasteiger partial charge in [-0.05, 0) is 43.9 Å². The monoisotopic (exact) mass is 205 g/mol. The molecular weight excluding hydrogens is 186 g/mol. The second-order valence-corrected chi connectivity index (χ2v) is 4.82. The number of hydrogen-bond acceptors (Lipinski definition) is 2. The maximum absolute atomic E-state index is 9.96. The third-order valence-corrected chi connectivity index (χ3v) is 3.64. The fourth-order valence-electron chi connectivity index (χ4n) is 2.47. The van der Waals surface area contributed by atoms with Gasteiger partial charge in [0.05, 0.1) is 0 Å². The predicted octanol–water partition coefficient (Wildman–Crippen LogP) is 2.74. The Morgan fingerprint density at radius 1 is 1.13 bits per heavy atom. The molecule has 1 aromatic rings. The fourth-order valence-corrected chi connectivity index (χ4v) is 2.47. The zero-order valence-corrected chi connectivity index (χ0v) is 9.51. The van der Waals surface area contributed by atoms with Crippen LogP contribution in [0, 0.1) is 13.8 Å². The van der Waals surface area contributed by atoms with E-state index in [0.29, 0.717) is 5.75 Å². The smallest absolute Gasteiger partial charge is 0.120 e. The number of benzene rings is 1. The van der Waals surface area contributed by atoms with Crippen LogP contribution in [0.1, 0.15) is 42.4 Å². The molecule has 0 saturated heterocycles. The molecule has 0 unspecified atom stereocenters. The summed E-state index contributed by atoms with van der Waals surface area (Å²) in [7, 11) is 0. The van der Waals surface area contributed by atoms with E-state index in [9.17, 15) is 5.11 Å². The van der Waals surface area contributed by atoms with Crippen molar-refractivity contribution >= 4 is 0 Å². The SMILES string of the molecule is Cc1cc(O)c(C2(N)CCCC2)cc1C. The van der Waals surface area contributed by atoms with E-state index in [2.05, 4.69) is 13.0 Å². The van der Waals surface area contributed by atoms with Crippen molar-refractivity contribution in [3.05, 3.63) is 28.8 Å². The Morgan fingerprint density at radius 3 is 2.27 bits per heavy atom. The van der Waals surface area contributed by atoms with Crippen LogP contribution in [-0.2, 0) is 5.54 Å². The summed E-state index contributed by atoms with van der Waals surface area (Å²) in [6, 6.07) is 3.88. The van der Waals surface area contributed by atoms with Crippen LogP contribution in [0.25, 0.3) is 0 Å². The van der Waals surface area contributed by atoms with E-state index >= 15 is 0 Å². The quantitative estimate of drug-likeness (QED) is 0.740.